The molecular formula is C9H11N3O. The van der Waals surface area contributed by atoms with Gasteiger partial charge in [0.15, 0.2) is 0 Å². The third-order valence-electron chi connectivity index (χ3n) is 1.82. The summed E-state index contributed by atoms with van der Waals surface area (Å²) in [6.07, 6.45) is 0.285. The van der Waals surface area contributed by atoms with Crippen molar-refractivity contribution in [1.29, 1.82) is 5.26 Å². The number of nitrogens with one attached hydrogen (secondary N) is 1. The van der Waals surface area contributed by atoms with Crippen LogP contribution in [0, 0.1) is 11.3 Å². The number of anilines is 1. The topological polar surface area (TPSA) is 82.1 Å². The number of benzene rings is 1. The largest absolute Gasteiger partial charge is 0.392 e. The summed E-state index contributed by atoms with van der Waals surface area (Å²) in [4.78, 5) is 0. The van der Waals surface area contributed by atoms with Crippen LogP contribution < -0.4 is 11.3 Å². The molecule has 1 aromatic rings. The molecule has 0 aliphatic rings. The standard InChI is InChI=1S/C9H11N3O/c10-5-4-7-2-1-3-8(6-13)9(7)12-11/h1-3,12-13H,4,6,11H2. The van der Waals surface area contributed by atoms with Crippen molar-refractivity contribution < 1.29 is 5.11 Å². The number of nitrogens with zero attached hydrogens (tertiary/aromatic N) is 1. The molecule has 0 bridgehead atoms. The molecule has 0 aliphatic carbocycles. The van der Waals surface area contributed by atoms with Crippen molar-refractivity contribution in [2.75, 3.05) is 5.43 Å². The highest BCUT2D eigenvalue weighted by Gasteiger charge is 2.05. The third kappa shape index (κ3) is 1.96. The van der Waals surface area contributed by atoms with E-state index in [0.717, 1.165) is 5.56 Å². The molecule has 4 heteroatoms. The Balaban J connectivity index is 3.12. The van der Waals surface area contributed by atoms with Gasteiger partial charge in [-0.05, 0) is 5.56 Å². The van der Waals surface area contributed by atoms with Crippen molar-refractivity contribution >= 4 is 5.69 Å². The zero-order valence-electron chi connectivity index (χ0n) is 7.12. The molecule has 0 saturated heterocycles. The fourth-order valence-corrected chi connectivity index (χ4v) is 1.20. The second-order valence-electron chi connectivity index (χ2n) is 2.59. The molecule has 0 saturated carbocycles. The van der Waals surface area contributed by atoms with Gasteiger partial charge in [-0.25, -0.2) is 0 Å². The normalized spacial score (nSPS) is 9.31. The molecule has 0 atom stereocenters. The van der Waals surface area contributed by atoms with Crippen LogP contribution in [0.4, 0.5) is 5.69 Å². The first kappa shape index (κ1) is 9.52. The average molecular weight is 177 g/mol. The summed E-state index contributed by atoms with van der Waals surface area (Å²) in [5.74, 6) is 5.29. The maximum Gasteiger partial charge on any atom is 0.0702 e. The summed E-state index contributed by atoms with van der Waals surface area (Å²) in [7, 11) is 0. The quantitative estimate of drug-likeness (QED) is 0.464. The predicted octanol–water partition coefficient (Wildman–Crippen LogP) is 0.531. The number of aliphatic hydroxyl groups excluding tert-OH is 1. The van der Waals surface area contributed by atoms with E-state index < -0.39 is 0 Å². The Hall–Kier alpha value is -1.57. The van der Waals surface area contributed by atoms with E-state index in [-0.39, 0.29) is 13.0 Å². The first-order valence-corrected chi connectivity index (χ1v) is 3.88. The maximum absolute atomic E-state index is 8.96. The minimum atomic E-state index is -0.0845. The summed E-state index contributed by atoms with van der Waals surface area (Å²) in [5.41, 5.74) is 4.64. The van der Waals surface area contributed by atoms with Crippen LogP contribution >= 0.6 is 0 Å². The van der Waals surface area contributed by atoms with E-state index in [1.54, 1.807) is 18.2 Å². The molecule has 0 fully saturated rings. The molecule has 1 aromatic carbocycles. The first-order chi connectivity index (χ1) is 6.33. The van der Waals surface area contributed by atoms with Crippen LogP contribution in [0.3, 0.4) is 0 Å². The van der Waals surface area contributed by atoms with Crippen LogP contribution in [0.15, 0.2) is 18.2 Å². The van der Waals surface area contributed by atoms with Crippen molar-refractivity contribution in [3.05, 3.63) is 29.3 Å². The van der Waals surface area contributed by atoms with Crippen LogP contribution in [0.25, 0.3) is 0 Å². The highest BCUT2D eigenvalue weighted by molar-refractivity contribution is 5.57. The number of hydrogen-bond donors (Lipinski definition) is 3. The number of hydrazine groups is 1. The molecule has 0 aromatic heterocycles. The van der Waals surface area contributed by atoms with Gasteiger partial charge in [-0.1, -0.05) is 18.2 Å². The van der Waals surface area contributed by atoms with E-state index in [1.807, 2.05) is 6.07 Å². The van der Waals surface area contributed by atoms with Crippen molar-refractivity contribution in [2.45, 2.75) is 13.0 Å². The van der Waals surface area contributed by atoms with Crippen molar-refractivity contribution in [2.24, 2.45) is 5.84 Å². The number of rotatable bonds is 3. The molecule has 13 heavy (non-hydrogen) atoms. The van der Waals surface area contributed by atoms with Gasteiger partial charge in [-0.15, -0.1) is 0 Å². The minimum absolute atomic E-state index is 0.0845. The Morgan fingerprint density at radius 1 is 1.46 bits per heavy atom. The van der Waals surface area contributed by atoms with Crippen LogP contribution in [-0.4, -0.2) is 5.11 Å². The van der Waals surface area contributed by atoms with Gasteiger partial charge in [-0.3, -0.25) is 5.84 Å². The molecule has 4 nitrogen and oxygen atoms in total. The van der Waals surface area contributed by atoms with Gasteiger partial charge in [0.25, 0.3) is 0 Å². The molecule has 0 unspecified atom stereocenters. The summed E-state index contributed by atoms with van der Waals surface area (Å²) in [6.45, 7) is -0.0845. The van der Waals surface area contributed by atoms with Gasteiger partial charge in [0.1, 0.15) is 0 Å². The summed E-state index contributed by atoms with van der Waals surface area (Å²) < 4.78 is 0. The predicted molar refractivity (Wildman–Crippen MR) is 49.5 cm³/mol. The Kier molecular flexibility index (Phi) is 3.26. The summed E-state index contributed by atoms with van der Waals surface area (Å²) >= 11 is 0. The zero-order valence-corrected chi connectivity index (χ0v) is 7.12. The summed E-state index contributed by atoms with van der Waals surface area (Å²) in [6, 6.07) is 7.39. The number of para-hydroxylation sites is 1. The van der Waals surface area contributed by atoms with Crippen molar-refractivity contribution in [1.82, 2.24) is 0 Å². The molecule has 0 heterocycles. The molecule has 0 spiro atoms. The van der Waals surface area contributed by atoms with Gasteiger partial charge in [0.05, 0.1) is 24.8 Å². The van der Waals surface area contributed by atoms with Crippen LogP contribution in [0.5, 0.6) is 0 Å². The maximum atomic E-state index is 8.96. The van der Waals surface area contributed by atoms with Crippen LogP contribution in [-0.2, 0) is 13.0 Å². The van der Waals surface area contributed by atoms with Gasteiger partial charge >= 0.3 is 0 Å². The third-order valence-corrected chi connectivity index (χ3v) is 1.82. The van der Waals surface area contributed by atoms with Crippen LogP contribution in [0.1, 0.15) is 11.1 Å². The van der Waals surface area contributed by atoms with E-state index >= 15 is 0 Å². The monoisotopic (exact) mass is 177 g/mol. The van der Waals surface area contributed by atoms with E-state index in [2.05, 4.69) is 5.43 Å². The van der Waals surface area contributed by atoms with E-state index in [0.29, 0.717) is 11.3 Å². The summed E-state index contributed by atoms with van der Waals surface area (Å²) in [5, 5.41) is 17.5. The number of hydrogen-bond acceptors (Lipinski definition) is 4. The number of nitrogen functional groups attached to an aromatic ring is 1. The Bertz CT molecular complexity index is 330. The Morgan fingerprint density at radius 2 is 2.15 bits per heavy atom. The number of aliphatic hydroxyl groups is 1. The smallest absolute Gasteiger partial charge is 0.0702 e. The Labute approximate surface area is 76.6 Å². The second kappa shape index (κ2) is 4.45. The average Bonchev–Trinajstić information content (AvgIpc) is 2.18. The molecule has 0 radical (unpaired) electrons. The lowest BCUT2D eigenvalue weighted by Crippen LogP contribution is -2.11. The highest BCUT2D eigenvalue weighted by Crippen LogP contribution is 2.20. The van der Waals surface area contributed by atoms with Gasteiger partial charge in [-0.2, -0.15) is 5.26 Å². The van der Waals surface area contributed by atoms with E-state index in [1.165, 1.54) is 0 Å². The lowest BCUT2D eigenvalue weighted by molar-refractivity contribution is 0.282. The molecule has 0 aliphatic heterocycles. The SMILES string of the molecule is N#CCc1cccc(CO)c1NN. The lowest BCUT2D eigenvalue weighted by Gasteiger charge is -2.10. The molecule has 0 amide bonds. The van der Waals surface area contributed by atoms with Crippen LogP contribution in [0.2, 0.25) is 0 Å². The van der Waals surface area contributed by atoms with Crippen molar-refractivity contribution in [3.8, 4) is 6.07 Å². The molecular weight excluding hydrogens is 166 g/mol. The van der Waals surface area contributed by atoms with E-state index in [4.69, 9.17) is 16.2 Å². The zero-order chi connectivity index (χ0) is 9.68. The number of nitrogens with two attached hydrogens (primary N) is 1. The molecule has 68 valence electrons. The fourth-order valence-electron chi connectivity index (χ4n) is 1.20. The van der Waals surface area contributed by atoms with Gasteiger partial charge in [0.2, 0.25) is 0 Å². The van der Waals surface area contributed by atoms with E-state index in [9.17, 15) is 0 Å². The fraction of sp³-hybridized carbons (Fsp3) is 0.222. The molecule has 1 rings (SSSR count). The first-order valence-electron chi connectivity index (χ1n) is 3.88. The highest BCUT2D eigenvalue weighted by atomic mass is 16.3. The van der Waals surface area contributed by atoms with Gasteiger partial charge < -0.3 is 10.5 Å². The van der Waals surface area contributed by atoms with Gasteiger partial charge in [0, 0.05) is 5.56 Å². The second-order valence-corrected chi connectivity index (χ2v) is 2.59. The number of nitriles is 1. The van der Waals surface area contributed by atoms with Crippen molar-refractivity contribution in [3.63, 3.8) is 0 Å². The lowest BCUT2D eigenvalue weighted by atomic mass is 10.1. The Morgan fingerprint density at radius 3 is 2.69 bits per heavy atom. The minimum Gasteiger partial charge on any atom is -0.392 e. The molecule has 4 N–H and O–H groups in total.